The third-order valence-electron chi connectivity index (χ3n) is 7.91. The third-order valence-corrected chi connectivity index (χ3v) is 7.91. The lowest BCUT2D eigenvalue weighted by Gasteiger charge is -2.32. The highest BCUT2D eigenvalue weighted by atomic mass is 16.7. The van der Waals surface area contributed by atoms with Gasteiger partial charge in [0, 0.05) is 10.9 Å². The largest absolute Gasteiger partial charge is 0.498 e. The van der Waals surface area contributed by atoms with Gasteiger partial charge in [-0.1, -0.05) is 36.4 Å². The summed E-state index contributed by atoms with van der Waals surface area (Å²) in [5.41, 5.74) is 0.279. The topological polar surface area (TPSA) is 55.4 Å². The molecule has 194 valence electrons. The van der Waals surface area contributed by atoms with Gasteiger partial charge in [-0.3, -0.25) is 0 Å². The molecule has 4 rings (SSSR count). The molecule has 2 aliphatic heterocycles. The highest BCUT2D eigenvalue weighted by molar-refractivity contribution is 6.63. The molecular formula is C28H40B2O6. The molecule has 2 aromatic rings. The molecule has 0 unspecified atom stereocenters. The molecular weight excluding hydrogens is 454 g/mol. The number of para-hydroxylation sites is 2. The Kier molecular flexibility index (Phi) is 7.55. The van der Waals surface area contributed by atoms with E-state index < -0.39 is 36.6 Å². The smallest absolute Gasteiger partial charge is 0.494 e. The van der Waals surface area contributed by atoms with Crippen molar-refractivity contribution in [3.05, 3.63) is 48.5 Å². The second-order valence-electron chi connectivity index (χ2n) is 11.7. The molecule has 0 aliphatic carbocycles. The first-order chi connectivity index (χ1) is 16.8. The Labute approximate surface area is 217 Å². The lowest BCUT2D eigenvalue weighted by molar-refractivity contribution is 0.00578. The van der Waals surface area contributed by atoms with Crippen LogP contribution in [0.3, 0.4) is 0 Å². The van der Waals surface area contributed by atoms with Crippen LogP contribution < -0.4 is 20.4 Å². The predicted octanol–water partition coefficient (Wildman–Crippen LogP) is 4.52. The fourth-order valence-corrected chi connectivity index (χ4v) is 4.12. The summed E-state index contributed by atoms with van der Waals surface area (Å²) in [6.07, 6.45) is 1.71. The van der Waals surface area contributed by atoms with Crippen LogP contribution in [0.2, 0.25) is 0 Å². The van der Waals surface area contributed by atoms with E-state index in [1.807, 2.05) is 48.5 Å². The van der Waals surface area contributed by atoms with Gasteiger partial charge in [0.05, 0.1) is 35.6 Å². The van der Waals surface area contributed by atoms with Gasteiger partial charge in [-0.05, 0) is 80.4 Å². The van der Waals surface area contributed by atoms with Crippen LogP contribution in [0.15, 0.2) is 48.5 Å². The summed E-state index contributed by atoms with van der Waals surface area (Å²) in [6.45, 7) is 17.6. The van der Waals surface area contributed by atoms with Crippen LogP contribution in [0.5, 0.6) is 11.5 Å². The first kappa shape index (κ1) is 27.1. The summed E-state index contributed by atoms with van der Waals surface area (Å²) in [7, 11) is -0.887. The van der Waals surface area contributed by atoms with Crippen LogP contribution in [0.4, 0.5) is 0 Å². The maximum atomic E-state index is 6.22. The van der Waals surface area contributed by atoms with Gasteiger partial charge in [0.25, 0.3) is 0 Å². The van der Waals surface area contributed by atoms with Gasteiger partial charge < -0.3 is 28.1 Å². The van der Waals surface area contributed by atoms with Gasteiger partial charge in [0.15, 0.2) is 0 Å². The van der Waals surface area contributed by atoms with E-state index in [0.717, 1.165) is 35.3 Å². The minimum atomic E-state index is -0.444. The summed E-state index contributed by atoms with van der Waals surface area (Å²) in [5.74, 6) is 1.59. The molecule has 2 saturated heterocycles. The summed E-state index contributed by atoms with van der Waals surface area (Å²) >= 11 is 0. The molecule has 2 fully saturated rings. The highest BCUT2D eigenvalue weighted by Gasteiger charge is 2.53. The van der Waals surface area contributed by atoms with Crippen LogP contribution in [0.25, 0.3) is 0 Å². The van der Waals surface area contributed by atoms with E-state index in [-0.39, 0.29) is 0 Å². The van der Waals surface area contributed by atoms with Crippen molar-refractivity contribution in [3.8, 4) is 11.5 Å². The molecule has 0 radical (unpaired) electrons. The maximum Gasteiger partial charge on any atom is 0.498 e. The summed E-state index contributed by atoms with van der Waals surface area (Å²) in [5, 5.41) is 0. The Hall–Kier alpha value is -1.99. The van der Waals surface area contributed by atoms with Crippen molar-refractivity contribution in [2.45, 2.75) is 90.6 Å². The number of unbranched alkanes of at least 4 members (excludes halogenated alkanes) is 1. The number of hydrogen-bond donors (Lipinski definition) is 0. The van der Waals surface area contributed by atoms with Crippen LogP contribution in [0, 0.1) is 0 Å². The Morgan fingerprint density at radius 3 is 1.17 bits per heavy atom. The average molecular weight is 494 g/mol. The van der Waals surface area contributed by atoms with Crippen molar-refractivity contribution in [1.29, 1.82) is 0 Å². The van der Waals surface area contributed by atoms with E-state index in [0.29, 0.717) is 13.2 Å². The normalized spacial score (nSPS) is 21.6. The molecule has 0 atom stereocenters. The quantitative estimate of drug-likeness (QED) is 0.378. The summed E-state index contributed by atoms with van der Waals surface area (Å²) in [6, 6.07) is 15.9. The second kappa shape index (κ2) is 10.1. The van der Waals surface area contributed by atoms with Crippen LogP contribution >= 0.6 is 0 Å². The number of ether oxygens (including phenoxy) is 2. The lowest BCUT2D eigenvalue weighted by atomic mass is 9.78. The van der Waals surface area contributed by atoms with E-state index >= 15 is 0 Å². The highest BCUT2D eigenvalue weighted by Crippen LogP contribution is 2.38. The van der Waals surface area contributed by atoms with Crippen LogP contribution in [-0.4, -0.2) is 49.9 Å². The molecule has 2 aromatic carbocycles. The van der Waals surface area contributed by atoms with E-state index in [2.05, 4.69) is 55.4 Å². The second-order valence-corrected chi connectivity index (χ2v) is 11.7. The fraction of sp³-hybridized carbons (Fsp3) is 0.571. The summed E-state index contributed by atoms with van der Waals surface area (Å²) in [4.78, 5) is 0. The molecule has 0 aromatic heterocycles. The average Bonchev–Trinajstić information content (AvgIpc) is 3.16. The standard InChI is InChI=1S/C28H40B2O6/c1-25(2)26(3,4)34-29(33-25)21-15-9-11-17-23(21)31-19-13-14-20-32-24-18-12-10-16-22(24)30-35-27(5,6)28(7,8)36-30/h9-12,15-18H,13-14,19-20H2,1-8H3. The van der Waals surface area contributed by atoms with Crippen molar-refractivity contribution >= 4 is 25.2 Å². The Morgan fingerprint density at radius 1 is 0.528 bits per heavy atom. The lowest BCUT2D eigenvalue weighted by Crippen LogP contribution is -2.41. The monoisotopic (exact) mass is 494 g/mol. The number of hydrogen-bond acceptors (Lipinski definition) is 6. The van der Waals surface area contributed by atoms with E-state index in [1.165, 1.54) is 0 Å². The van der Waals surface area contributed by atoms with Gasteiger partial charge in [-0.15, -0.1) is 0 Å². The third kappa shape index (κ3) is 5.47. The van der Waals surface area contributed by atoms with Gasteiger partial charge >= 0.3 is 14.2 Å². The van der Waals surface area contributed by atoms with Crippen molar-refractivity contribution < 1.29 is 28.1 Å². The minimum Gasteiger partial charge on any atom is -0.494 e. The molecule has 0 amide bonds. The first-order valence-electron chi connectivity index (χ1n) is 13.0. The molecule has 36 heavy (non-hydrogen) atoms. The zero-order valence-electron chi connectivity index (χ0n) is 23.1. The van der Waals surface area contributed by atoms with Gasteiger partial charge in [0.2, 0.25) is 0 Å². The first-order valence-corrected chi connectivity index (χ1v) is 13.0. The van der Waals surface area contributed by atoms with Crippen molar-refractivity contribution in [1.82, 2.24) is 0 Å². The Balaban J connectivity index is 1.28. The Bertz CT molecular complexity index is 936. The van der Waals surface area contributed by atoms with Crippen LogP contribution in [0.1, 0.15) is 68.2 Å². The van der Waals surface area contributed by atoms with Crippen molar-refractivity contribution in [2.75, 3.05) is 13.2 Å². The predicted molar refractivity (Wildman–Crippen MR) is 145 cm³/mol. The van der Waals surface area contributed by atoms with Crippen molar-refractivity contribution in [2.24, 2.45) is 0 Å². The molecule has 0 bridgehead atoms. The molecule has 0 saturated carbocycles. The molecule has 2 heterocycles. The zero-order chi connectivity index (χ0) is 26.2. The molecule has 8 heteroatoms. The molecule has 6 nitrogen and oxygen atoms in total. The van der Waals surface area contributed by atoms with E-state index in [1.54, 1.807) is 0 Å². The van der Waals surface area contributed by atoms with E-state index in [9.17, 15) is 0 Å². The Morgan fingerprint density at radius 2 is 0.833 bits per heavy atom. The number of benzene rings is 2. The SMILES string of the molecule is CC1(C)OB(c2ccccc2OCCCCOc2ccccc2B2OC(C)(C)C(C)(C)O2)OC1(C)C. The van der Waals surface area contributed by atoms with Gasteiger partial charge in [0.1, 0.15) is 11.5 Å². The minimum absolute atomic E-state index is 0.390. The maximum absolute atomic E-state index is 6.22. The van der Waals surface area contributed by atoms with Gasteiger partial charge in [-0.25, -0.2) is 0 Å². The zero-order valence-corrected chi connectivity index (χ0v) is 23.1. The van der Waals surface area contributed by atoms with E-state index in [4.69, 9.17) is 28.1 Å². The van der Waals surface area contributed by atoms with Crippen molar-refractivity contribution in [3.63, 3.8) is 0 Å². The summed E-state index contributed by atoms with van der Waals surface area (Å²) < 4.78 is 37.2. The van der Waals surface area contributed by atoms with Gasteiger partial charge in [-0.2, -0.15) is 0 Å². The number of rotatable bonds is 9. The molecule has 0 spiro atoms. The van der Waals surface area contributed by atoms with Crippen LogP contribution in [-0.2, 0) is 18.6 Å². The fourth-order valence-electron chi connectivity index (χ4n) is 4.12. The molecule has 2 aliphatic rings. The molecule has 0 N–H and O–H groups in total.